The Bertz CT molecular complexity index is 1380. The van der Waals surface area contributed by atoms with E-state index >= 15 is 0 Å². The molecule has 9 heteroatoms. The molecule has 0 bridgehead atoms. The summed E-state index contributed by atoms with van der Waals surface area (Å²) in [6.45, 7) is 2.79. The van der Waals surface area contributed by atoms with Crippen molar-refractivity contribution < 1.29 is 23.9 Å². The van der Waals surface area contributed by atoms with Crippen LogP contribution in [0.15, 0.2) is 78.9 Å². The second-order valence-corrected chi connectivity index (χ2v) is 10.5. The maximum atomic E-state index is 12.9. The van der Waals surface area contributed by atoms with E-state index in [2.05, 4.69) is 28.1 Å². The Kier molecular flexibility index (Phi) is 10.8. The number of rotatable bonds is 12. The van der Waals surface area contributed by atoms with Crippen LogP contribution in [-0.4, -0.2) is 49.2 Å². The van der Waals surface area contributed by atoms with Gasteiger partial charge in [-0.1, -0.05) is 66.7 Å². The van der Waals surface area contributed by atoms with Gasteiger partial charge in [-0.3, -0.25) is 14.4 Å². The first kappa shape index (κ1) is 30.5. The number of nitrogens with one attached hydrogen (secondary N) is 4. The van der Waals surface area contributed by atoms with Gasteiger partial charge < -0.3 is 30.8 Å². The van der Waals surface area contributed by atoms with Crippen molar-refractivity contribution in [2.24, 2.45) is 0 Å². The molecule has 0 saturated carbocycles. The number of methoxy groups -OCH3 is 1. The van der Waals surface area contributed by atoms with Gasteiger partial charge in [0.1, 0.15) is 18.4 Å². The number of benzene rings is 3. The molecule has 1 unspecified atom stereocenters. The number of piperidine rings is 1. The van der Waals surface area contributed by atoms with E-state index in [1.807, 2.05) is 36.4 Å². The fraction of sp³-hybridized carbons (Fsp3) is 0.333. The van der Waals surface area contributed by atoms with Crippen LogP contribution < -0.4 is 20.7 Å². The summed E-state index contributed by atoms with van der Waals surface area (Å²) in [6, 6.07) is 23.5. The predicted octanol–water partition coefficient (Wildman–Crippen LogP) is 3.85. The minimum absolute atomic E-state index is 0.103. The topological polar surface area (TPSA) is 130 Å². The van der Waals surface area contributed by atoms with Crippen LogP contribution in [0.1, 0.15) is 54.4 Å². The maximum Gasteiger partial charge on any atom is 0.312 e. The van der Waals surface area contributed by atoms with Gasteiger partial charge in [-0.25, -0.2) is 0 Å². The lowest BCUT2D eigenvalue weighted by atomic mass is 9.86. The molecule has 1 fully saturated rings. The fourth-order valence-electron chi connectivity index (χ4n) is 4.91. The Labute approximate surface area is 246 Å². The molecule has 42 heavy (non-hydrogen) atoms. The summed E-state index contributed by atoms with van der Waals surface area (Å²) in [5.74, 6) is 0.0360. The van der Waals surface area contributed by atoms with Crippen LogP contribution >= 0.6 is 0 Å². The molecule has 9 nitrogen and oxygen atoms in total. The SMILES string of the molecule is COc1cccc(COC(=O)CC(=N)c2ccc(CNC(=O)[C@H](C)NC(=O)C3C[C@@H](c4ccccc4)CCN3)cc2)c1. The summed E-state index contributed by atoms with van der Waals surface area (Å²) in [6.07, 6.45) is 1.50. The van der Waals surface area contributed by atoms with Crippen molar-refractivity contribution in [2.75, 3.05) is 13.7 Å². The smallest absolute Gasteiger partial charge is 0.312 e. The van der Waals surface area contributed by atoms with Crippen LogP contribution in [0.3, 0.4) is 0 Å². The van der Waals surface area contributed by atoms with Crippen molar-refractivity contribution in [3.8, 4) is 5.75 Å². The van der Waals surface area contributed by atoms with Crippen LogP contribution in [-0.2, 0) is 32.3 Å². The first-order valence-electron chi connectivity index (χ1n) is 14.1. The van der Waals surface area contributed by atoms with Gasteiger partial charge in [-0.05, 0) is 66.6 Å². The third-order valence-corrected chi connectivity index (χ3v) is 7.37. The molecule has 3 aromatic rings. The third kappa shape index (κ3) is 8.75. The number of ether oxygens (including phenoxy) is 2. The Morgan fingerprint density at radius 1 is 1.00 bits per heavy atom. The maximum absolute atomic E-state index is 12.9. The van der Waals surface area contributed by atoms with E-state index in [4.69, 9.17) is 14.9 Å². The zero-order chi connectivity index (χ0) is 29.9. The first-order valence-corrected chi connectivity index (χ1v) is 14.1. The molecule has 220 valence electrons. The van der Waals surface area contributed by atoms with E-state index in [9.17, 15) is 14.4 Å². The molecular formula is C33H38N4O5. The zero-order valence-electron chi connectivity index (χ0n) is 24.0. The van der Waals surface area contributed by atoms with Crippen molar-refractivity contribution in [3.05, 3.63) is 101 Å². The molecule has 0 aromatic heterocycles. The van der Waals surface area contributed by atoms with E-state index in [1.54, 1.807) is 44.4 Å². The standard InChI is InChI=1S/C33H38N4O5/c1-22(37-33(40)30-18-27(15-16-35-30)25-8-4-3-5-9-25)32(39)36-20-23-11-13-26(14-12-23)29(34)19-31(38)42-21-24-7-6-10-28(17-24)41-2/h3-14,17,22,27,30,34-35H,15-16,18-21H2,1-2H3,(H,36,39)(H,37,40)/t22-,27-,30?/m0/s1. The highest BCUT2D eigenvalue weighted by Crippen LogP contribution is 2.27. The number of hydrogen-bond acceptors (Lipinski definition) is 7. The summed E-state index contributed by atoms with van der Waals surface area (Å²) >= 11 is 0. The minimum Gasteiger partial charge on any atom is -0.497 e. The van der Waals surface area contributed by atoms with Crippen molar-refractivity contribution in [3.63, 3.8) is 0 Å². The van der Waals surface area contributed by atoms with Crippen molar-refractivity contribution >= 4 is 23.5 Å². The predicted molar refractivity (Wildman–Crippen MR) is 160 cm³/mol. The highest BCUT2D eigenvalue weighted by molar-refractivity contribution is 6.07. The van der Waals surface area contributed by atoms with Gasteiger partial charge in [0.05, 0.1) is 19.6 Å². The Morgan fingerprint density at radius 2 is 1.76 bits per heavy atom. The fourth-order valence-corrected chi connectivity index (χ4v) is 4.91. The van der Waals surface area contributed by atoms with E-state index in [1.165, 1.54) is 5.56 Å². The summed E-state index contributed by atoms with van der Waals surface area (Å²) in [7, 11) is 1.57. The quantitative estimate of drug-likeness (QED) is 0.193. The number of amides is 2. The number of carbonyl (C=O) groups is 3. The molecule has 0 spiro atoms. The second kappa shape index (κ2) is 14.9. The van der Waals surface area contributed by atoms with Crippen molar-refractivity contribution in [1.29, 1.82) is 5.41 Å². The highest BCUT2D eigenvalue weighted by Gasteiger charge is 2.29. The first-order chi connectivity index (χ1) is 20.3. The van der Waals surface area contributed by atoms with Gasteiger partial charge in [0.25, 0.3) is 0 Å². The molecule has 4 N–H and O–H groups in total. The van der Waals surface area contributed by atoms with Crippen LogP contribution in [0.5, 0.6) is 5.75 Å². The lowest BCUT2D eigenvalue weighted by Gasteiger charge is -2.30. The minimum atomic E-state index is -0.688. The van der Waals surface area contributed by atoms with Gasteiger partial charge >= 0.3 is 5.97 Å². The lowest BCUT2D eigenvalue weighted by molar-refractivity contribution is -0.143. The molecule has 2 amide bonds. The van der Waals surface area contributed by atoms with E-state index in [0.29, 0.717) is 23.7 Å². The molecule has 3 atom stereocenters. The monoisotopic (exact) mass is 570 g/mol. The summed E-state index contributed by atoms with van der Waals surface area (Å²) < 4.78 is 10.5. The third-order valence-electron chi connectivity index (χ3n) is 7.37. The van der Waals surface area contributed by atoms with Crippen molar-refractivity contribution in [2.45, 2.75) is 57.3 Å². The zero-order valence-corrected chi connectivity index (χ0v) is 24.0. The Hall–Kier alpha value is -4.50. The Morgan fingerprint density at radius 3 is 2.50 bits per heavy atom. The molecule has 1 saturated heterocycles. The van der Waals surface area contributed by atoms with Gasteiger partial charge in [0.2, 0.25) is 11.8 Å². The van der Waals surface area contributed by atoms with Crippen LogP contribution in [0.2, 0.25) is 0 Å². The molecule has 4 rings (SSSR count). The summed E-state index contributed by atoms with van der Waals surface area (Å²) in [5.41, 5.74) is 3.60. The molecular weight excluding hydrogens is 532 g/mol. The second-order valence-electron chi connectivity index (χ2n) is 10.5. The van der Waals surface area contributed by atoms with Crippen LogP contribution in [0, 0.1) is 5.41 Å². The molecule has 1 heterocycles. The Balaban J connectivity index is 1.18. The molecule has 1 aliphatic rings. The largest absolute Gasteiger partial charge is 0.497 e. The van der Waals surface area contributed by atoms with Gasteiger partial charge in [0.15, 0.2) is 0 Å². The molecule has 3 aromatic carbocycles. The number of carbonyl (C=O) groups excluding carboxylic acids is 3. The van der Waals surface area contributed by atoms with Gasteiger partial charge in [-0.15, -0.1) is 0 Å². The van der Waals surface area contributed by atoms with E-state index < -0.39 is 12.0 Å². The molecule has 0 radical (unpaired) electrons. The number of hydrogen-bond donors (Lipinski definition) is 4. The molecule has 1 aliphatic heterocycles. The van der Waals surface area contributed by atoms with Crippen LogP contribution in [0.4, 0.5) is 0 Å². The average Bonchev–Trinajstić information content (AvgIpc) is 3.03. The average molecular weight is 571 g/mol. The van der Waals surface area contributed by atoms with Crippen LogP contribution in [0.25, 0.3) is 0 Å². The van der Waals surface area contributed by atoms with E-state index in [0.717, 1.165) is 24.1 Å². The normalized spacial score (nSPS) is 17.0. The number of esters is 1. The molecule has 0 aliphatic carbocycles. The summed E-state index contributed by atoms with van der Waals surface area (Å²) in [5, 5.41) is 17.2. The lowest BCUT2D eigenvalue weighted by Crippen LogP contribution is -2.53. The van der Waals surface area contributed by atoms with Gasteiger partial charge in [0, 0.05) is 12.3 Å². The van der Waals surface area contributed by atoms with Gasteiger partial charge in [-0.2, -0.15) is 0 Å². The van der Waals surface area contributed by atoms with E-state index in [-0.39, 0.29) is 43.1 Å². The summed E-state index contributed by atoms with van der Waals surface area (Å²) in [4.78, 5) is 37.8. The van der Waals surface area contributed by atoms with Crippen molar-refractivity contribution in [1.82, 2.24) is 16.0 Å². The highest BCUT2D eigenvalue weighted by atomic mass is 16.5.